The molecule has 0 bridgehead atoms. The number of aromatic nitrogens is 2. The first kappa shape index (κ1) is 8.54. The summed E-state index contributed by atoms with van der Waals surface area (Å²) < 4.78 is 4.60. The van der Waals surface area contributed by atoms with Crippen molar-refractivity contribution >= 4 is 17.7 Å². The maximum absolute atomic E-state index is 11.2. The first-order chi connectivity index (χ1) is 6.68. The van der Waals surface area contributed by atoms with Gasteiger partial charge in [-0.15, -0.1) is 0 Å². The number of hydrogen-bond acceptors (Lipinski definition) is 4. The Morgan fingerprint density at radius 1 is 1.79 bits per heavy atom. The molecule has 0 radical (unpaired) electrons. The second kappa shape index (κ2) is 3.02. The van der Waals surface area contributed by atoms with Crippen LogP contribution in [0.15, 0.2) is 12.4 Å². The summed E-state index contributed by atoms with van der Waals surface area (Å²) in [6.45, 7) is 0.00764. The molecule has 1 fully saturated rings. The third-order valence-corrected chi connectivity index (χ3v) is 1.88. The highest BCUT2D eigenvalue weighted by Crippen LogP contribution is 2.19. The fraction of sp³-hybridized carbons (Fsp3) is 0.286. The Labute approximate surface area is 78.3 Å². The van der Waals surface area contributed by atoms with E-state index in [0.29, 0.717) is 5.69 Å². The molecule has 1 saturated heterocycles. The second-order valence-corrected chi connectivity index (χ2v) is 2.78. The normalized spacial score (nSPS) is 21.0. The number of aromatic amines is 1. The van der Waals surface area contributed by atoms with E-state index in [-0.39, 0.29) is 6.54 Å². The lowest BCUT2D eigenvalue weighted by Crippen LogP contribution is -2.27. The maximum Gasteiger partial charge on any atom is 0.415 e. The molecule has 74 valence electrons. The van der Waals surface area contributed by atoms with Crippen molar-refractivity contribution in [1.82, 2.24) is 10.2 Å². The van der Waals surface area contributed by atoms with Gasteiger partial charge in [-0.05, 0) is 0 Å². The topological polar surface area (TPSA) is 95.5 Å². The fourth-order valence-electron chi connectivity index (χ4n) is 1.19. The van der Waals surface area contributed by atoms with Gasteiger partial charge in [0.2, 0.25) is 6.10 Å². The van der Waals surface area contributed by atoms with Gasteiger partial charge in [-0.25, -0.2) is 9.59 Å². The highest BCUT2D eigenvalue weighted by Gasteiger charge is 2.37. The monoisotopic (exact) mass is 197 g/mol. The number of aliphatic carboxylic acids is 1. The number of carboxylic acids is 1. The molecule has 0 saturated carbocycles. The van der Waals surface area contributed by atoms with E-state index in [9.17, 15) is 9.59 Å². The predicted molar refractivity (Wildman–Crippen MR) is 43.8 cm³/mol. The standard InChI is InChI=1S/C7H7N3O4/c11-6(12)5-3-10(7(13)14-5)4-1-8-9-2-4/h1-2,5H,3H2,(H,8,9)(H,11,12). The van der Waals surface area contributed by atoms with Crippen LogP contribution in [-0.4, -0.2) is 40.0 Å². The van der Waals surface area contributed by atoms with Gasteiger partial charge >= 0.3 is 12.1 Å². The molecule has 1 atom stereocenters. The second-order valence-electron chi connectivity index (χ2n) is 2.78. The van der Waals surface area contributed by atoms with E-state index in [1.807, 2.05) is 0 Å². The molecule has 7 nitrogen and oxygen atoms in total. The Balaban J connectivity index is 2.16. The van der Waals surface area contributed by atoms with Crippen molar-refractivity contribution in [3.8, 4) is 0 Å². The van der Waals surface area contributed by atoms with Gasteiger partial charge in [-0.3, -0.25) is 10.00 Å². The van der Waals surface area contributed by atoms with Crippen molar-refractivity contribution in [2.24, 2.45) is 0 Å². The first-order valence-electron chi connectivity index (χ1n) is 3.88. The van der Waals surface area contributed by atoms with E-state index in [2.05, 4.69) is 14.9 Å². The van der Waals surface area contributed by atoms with Crippen molar-refractivity contribution < 1.29 is 19.4 Å². The van der Waals surface area contributed by atoms with E-state index in [1.165, 1.54) is 17.3 Å². The minimum absolute atomic E-state index is 0.00764. The highest BCUT2D eigenvalue weighted by atomic mass is 16.6. The number of amides is 1. The Hall–Kier alpha value is -2.05. The van der Waals surface area contributed by atoms with E-state index in [0.717, 1.165) is 0 Å². The Morgan fingerprint density at radius 2 is 2.57 bits per heavy atom. The van der Waals surface area contributed by atoms with Crippen LogP contribution in [0.4, 0.5) is 10.5 Å². The number of carboxylic acid groups (broad SMARTS) is 1. The zero-order chi connectivity index (χ0) is 10.1. The summed E-state index contributed by atoms with van der Waals surface area (Å²) in [5, 5.41) is 14.8. The van der Waals surface area contributed by atoms with Gasteiger partial charge in [0.05, 0.1) is 18.4 Å². The lowest BCUT2D eigenvalue weighted by molar-refractivity contribution is -0.144. The van der Waals surface area contributed by atoms with Crippen molar-refractivity contribution in [3.05, 3.63) is 12.4 Å². The Kier molecular flexibility index (Phi) is 1.84. The third kappa shape index (κ3) is 1.28. The molecule has 0 aliphatic carbocycles. The predicted octanol–water partition coefficient (Wildman–Crippen LogP) is -0.181. The van der Waals surface area contributed by atoms with Crippen LogP contribution in [0, 0.1) is 0 Å². The number of carbonyl (C=O) groups is 2. The number of ether oxygens (including phenoxy) is 1. The zero-order valence-corrected chi connectivity index (χ0v) is 7.01. The first-order valence-corrected chi connectivity index (χ1v) is 3.88. The van der Waals surface area contributed by atoms with E-state index in [4.69, 9.17) is 5.11 Å². The lowest BCUT2D eigenvalue weighted by Gasteiger charge is -2.07. The van der Waals surface area contributed by atoms with Crippen LogP contribution in [0.3, 0.4) is 0 Å². The lowest BCUT2D eigenvalue weighted by atomic mass is 10.3. The maximum atomic E-state index is 11.2. The van der Waals surface area contributed by atoms with Crippen molar-refractivity contribution in [2.75, 3.05) is 11.4 Å². The smallest absolute Gasteiger partial charge is 0.415 e. The number of nitrogens with one attached hydrogen (secondary N) is 1. The number of hydrogen-bond donors (Lipinski definition) is 2. The number of H-pyrrole nitrogens is 1. The van der Waals surface area contributed by atoms with E-state index < -0.39 is 18.2 Å². The van der Waals surface area contributed by atoms with Gasteiger partial charge in [-0.1, -0.05) is 0 Å². The molecule has 2 heterocycles. The van der Waals surface area contributed by atoms with Gasteiger partial charge < -0.3 is 9.84 Å². The molecule has 7 heteroatoms. The molecule has 1 amide bonds. The Morgan fingerprint density at radius 3 is 3.07 bits per heavy atom. The highest BCUT2D eigenvalue weighted by molar-refractivity contribution is 5.93. The molecular weight excluding hydrogens is 190 g/mol. The van der Waals surface area contributed by atoms with Crippen LogP contribution in [0.25, 0.3) is 0 Å². The average molecular weight is 197 g/mol. The summed E-state index contributed by atoms with van der Waals surface area (Å²) in [5.41, 5.74) is 0.499. The largest absolute Gasteiger partial charge is 0.478 e. The van der Waals surface area contributed by atoms with Crippen molar-refractivity contribution in [2.45, 2.75) is 6.10 Å². The molecule has 1 aliphatic rings. The molecular formula is C7H7N3O4. The Bertz CT molecular complexity index is 361. The molecule has 0 spiro atoms. The van der Waals surface area contributed by atoms with Gasteiger partial charge in [0.25, 0.3) is 0 Å². The van der Waals surface area contributed by atoms with Crippen LogP contribution in [0.2, 0.25) is 0 Å². The van der Waals surface area contributed by atoms with Gasteiger partial charge in [0, 0.05) is 6.20 Å². The van der Waals surface area contributed by atoms with Gasteiger partial charge in [0.15, 0.2) is 0 Å². The van der Waals surface area contributed by atoms with Crippen LogP contribution >= 0.6 is 0 Å². The molecule has 2 N–H and O–H groups in total. The SMILES string of the molecule is O=C(O)C1CN(c2cn[nH]c2)C(=O)O1. The molecule has 1 aromatic rings. The summed E-state index contributed by atoms with van der Waals surface area (Å²) >= 11 is 0. The van der Waals surface area contributed by atoms with Crippen LogP contribution < -0.4 is 4.90 Å². The molecule has 1 aliphatic heterocycles. The molecule has 2 rings (SSSR count). The average Bonchev–Trinajstić information content (AvgIpc) is 2.71. The van der Waals surface area contributed by atoms with E-state index >= 15 is 0 Å². The number of nitrogens with zero attached hydrogens (tertiary/aromatic N) is 2. The van der Waals surface area contributed by atoms with Crippen LogP contribution in [-0.2, 0) is 9.53 Å². The van der Waals surface area contributed by atoms with Gasteiger partial charge in [0.1, 0.15) is 0 Å². The van der Waals surface area contributed by atoms with Crippen LogP contribution in [0.5, 0.6) is 0 Å². The van der Waals surface area contributed by atoms with Crippen molar-refractivity contribution in [3.63, 3.8) is 0 Å². The molecule has 14 heavy (non-hydrogen) atoms. The molecule has 0 aromatic carbocycles. The number of carbonyl (C=O) groups excluding carboxylic acids is 1. The third-order valence-electron chi connectivity index (χ3n) is 1.88. The van der Waals surface area contributed by atoms with Gasteiger partial charge in [-0.2, -0.15) is 5.10 Å². The minimum Gasteiger partial charge on any atom is -0.478 e. The molecule has 1 unspecified atom stereocenters. The number of anilines is 1. The minimum atomic E-state index is -1.15. The summed E-state index contributed by atoms with van der Waals surface area (Å²) in [6, 6.07) is 0. The number of cyclic esters (lactones) is 1. The van der Waals surface area contributed by atoms with Crippen molar-refractivity contribution in [1.29, 1.82) is 0 Å². The zero-order valence-electron chi connectivity index (χ0n) is 7.01. The fourth-order valence-corrected chi connectivity index (χ4v) is 1.19. The summed E-state index contributed by atoms with van der Waals surface area (Å²) in [5.74, 6) is -1.15. The van der Waals surface area contributed by atoms with E-state index in [1.54, 1.807) is 0 Å². The summed E-state index contributed by atoms with van der Waals surface area (Å²) in [7, 11) is 0. The quantitative estimate of drug-likeness (QED) is 0.685. The number of rotatable bonds is 2. The molecule has 1 aromatic heterocycles. The van der Waals surface area contributed by atoms with Crippen LogP contribution in [0.1, 0.15) is 0 Å². The summed E-state index contributed by atoms with van der Waals surface area (Å²) in [4.78, 5) is 22.9. The summed E-state index contributed by atoms with van der Waals surface area (Å²) in [6.07, 6.45) is 1.15.